The van der Waals surface area contributed by atoms with Crippen LogP contribution in [0.15, 0.2) is 36.4 Å². The van der Waals surface area contributed by atoms with Crippen LogP contribution < -0.4 is 0 Å². The quantitative estimate of drug-likeness (QED) is 0.243. The van der Waals surface area contributed by atoms with Gasteiger partial charge in [-0.3, -0.25) is 14.4 Å². The van der Waals surface area contributed by atoms with Gasteiger partial charge in [0.25, 0.3) is 0 Å². The van der Waals surface area contributed by atoms with E-state index in [4.69, 9.17) is 5.11 Å². The number of likely N-dealkylation sites (tertiary alicyclic amines) is 1. The molecule has 1 heterocycles. The Labute approximate surface area is 184 Å². The number of hydrogen-bond donors (Lipinski definition) is 1. The predicted molar refractivity (Wildman–Crippen MR) is 98.6 cm³/mol. The SMILES string of the molecule is O=C(O)CCCCCCN1C(=O)CCC1/C=C/C(=O)Cc1c[c-]ccc1.[U]. The van der Waals surface area contributed by atoms with Gasteiger partial charge in [0.1, 0.15) is 5.78 Å². The van der Waals surface area contributed by atoms with Crippen LogP contribution in [0.3, 0.4) is 0 Å². The van der Waals surface area contributed by atoms with E-state index in [0.717, 1.165) is 31.2 Å². The molecular formula is C21H26NO4U-. The van der Waals surface area contributed by atoms with Gasteiger partial charge in [0, 0.05) is 50.5 Å². The summed E-state index contributed by atoms with van der Waals surface area (Å²) < 4.78 is 0. The average Bonchev–Trinajstić information content (AvgIpc) is 2.97. The molecule has 1 aromatic rings. The van der Waals surface area contributed by atoms with Crippen LogP contribution in [0.4, 0.5) is 0 Å². The van der Waals surface area contributed by atoms with Gasteiger partial charge in [-0.05, 0) is 31.8 Å². The van der Waals surface area contributed by atoms with Crippen LogP contribution in [0.25, 0.3) is 0 Å². The van der Waals surface area contributed by atoms with Crippen molar-refractivity contribution in [1.82, 2.24) is 4.90 Å². The summed E-state index contributed by atoms with van der Waals surface area (Å²) in [5, 5.41) is 8.62. The summed E-state index contributed by atoms with van der Waals surface area (Å²) in [6.45, 7) is 0.669. The van der Waals surface area contributed by atoms with Gasteiger partial charge in [-0.2, -0.15) is 30.3 Å². The number of benzene rings is 1. The van der Waals surface area contributed by atoms with Gasteiger partial charge in [-0.1, -0.05) is 18.9 Å². The van der Waals surface area contributed by atoms with Crippen LogP contribution in [0.2, 0.25) is 0 Å². The molecule has 5 nitrogen and oxygen atoms in total. The summed E-state index contributed by atoms with van der Waals surface area (Å²) in [5.74, 6) is -0.601. The Hall–Kier alpha value is -1.38. The number of carboxylic acid groups (broad SMARTS) is 1. The number of rotatable bonds is 11. The Morgan fingerprint density at radius 2 is 2.04 bits per heavy atom. The molecule has 1 saturated heterocycles. The number of carbonyl (C=O) groups is 3. The molecule has 0 spiro atoms. The predicted octanol–water partition coefficient (Wildman–Crippen LogP) is 3.18. The van der Waals surface area contributed by atoms with Gasteiger partial charge < -0.3 is 10.0 Å². The molecule has 6 heteroatoms. The second-order valence-corrected chi connectivity index (χ2v) is 6.67. The summed E-state index contributed by atoms with van der Waals surface area (Å²) >= 11 is 0. The molecular weight excluding hydrogens is 568 g/mol. The molecule has 0 bridgehead atoms. The van der Waals surface area contributed by atoms with Gasteiger partial charge >= 0.3 is 5.97 Å². The van der Waals surface area contributed by atoms with Gasteiger partial charge in [-0.15, -0.1) is 5.56 Å². The van der Waals surface area contributed by atoms with E-state index in [1.54, 1.807) is 12.1 Å². The summed E-state index contributed by atoms with van der Waals surface area (Å²) in [7, 11) is 0. The smallest absolute Gasteiger partial charge is 0.303 e. The zero-order valence-corrected chi connectivity index (χ0v) is 19.7. The van der Waals surface area contributed by atoms with Crippen molar-refractivity contribution >= 4 is 17.7 Å². The van der Waals surface area contributed by atoms with E-state index in [2.05, 4.69) is 6.07 Å². The Morgan fingerprint density at radius 1 is 1.26 bits per heavy atom. The van der Waals surface area contributed by atoms with Gasteiger partial charge in [0.15, 0.2) is 0 Å². The molecule has 144 valence electrons. The summed E-state index contributed by atoms with van der Waals surface area (Å²) in [6.07, 6.45) is 8.59. The third kappa shape index (κ3) is 8.90. The molecule has 0 aromatic heterocycles. The molecule has 1 aliphatic rings. The molecule has 1 aliphatic heterocycles. The molecule has 1 atom stereocenters. The minimum absolute atomic E-state index is 0. The second-order valence-electron chi connectivity index (χ2n) is 6.67. The van der Waals surface area contributed by atoms with Crippen molar-refractivity contribution in [3.8, 4) is 0 Å². The van der Waals surface area contributed by atoms with E-state index in [0.29, 0.717) is 25.8 Å². The first kappa shape index (κ1) is 23.7. The number of unbranched alkanes of at least 4 members (excludes halogenated alkanes) is 3. The standard InChI is InChI=1S/C21H26NO4.U/c23-19(16-17-8-4-3-5-9-17)13-11-18-12-14-20(24)22(18)15-7-2-1-6-10-21(25)26;/h3-4,8-9,11,13,18H,1-2,6-7,10,12,14-16H2,(H,25,26);/q-1;/b13-11+;. The maximum Gasteiger partial charge on any atom is 0.303 e. The Balaban J connectivity index is 0.00000364. The Bertz CT molecular complexity index is 645. The van der Waals surface area contributed by atoms with Crippen molar-refractivity contribution < 1.29 is 50.6 Å². The zero-order valence-electron chi connectivity index (χ0n) is 15.5. The maximum absolute atomic E-state index is 12.1. The summed E-state index contributed by atoms with van der Waals surface area (Å²) in [6, 6.07) is 10.3. The molecule has 1 amide bonds. The van der Waals surface area contributed by atoms with E-state index in [9.17, 15) is 14.4 Å². The molecule has 1 unspecified atom stereocenters. The molecule has 0 radical (unpaired) electrons. The third-order valence-corrected chi connectivity index (χ3v) is 4.57. The molecule has 27 heavy (non-hydrogen) atoms. The Morgan fingerprint density at radius 3 is 2.74 bits per heavy atom. The van der Waals surface area contributed by atoms with E-state index in [1.165, 1.54) is 0 Å². The number of carbonyl (C=O) groups excluding carboxylic acids is 2. The molecule has 0 aliphatic carbocycles. The number of allylic oxidation sites excluding steroid dienone is 1. The van der Waals surface area contributed by atoms with Crippen molar-refractivity contribution in [2.75, 3.05) is 6.54 Å². The van der Waals surface area contributed by atoms with Gasteiger partial charge in [-0.25, -0.2) is 0 Å². The summed E-state index contributed by atoms with van der Waals surface area (Å²) in [5.41, 5.74) is 0.933. The number of aliphatic carboxylic acids is 1. The van der Waals surface area contributed by atoms with E-state index < -0.39 is 5.97 Å². The maximum atomic E-state index is 12.1. The first-order chi connectivity index (χ1) is 12.6. The largest absolute Gasteiger partial charge is 0.481 e. The second kappa shape index (κ2) is 12.9. The first-order valence-electron chi connectivity index (χ1n) is 9.23. The first-order valence-corrected chi connectivity index (χ1v) is 9.23. The Kier molecular flexibility index (Phi) is 11.3. The van der Waals surface area contributed by atoms with Gasteiger partial charge in [0.2, 0.25) is 5.91 Å². The molecule has 2 rings (SSSR count). The van der Waals surface area contributed by atoms with Crippen molar-refractivity contribution in [3.63, 3.8) is 0 Å². The van der Waals surface area contributed by atoms with Crippen molar-refractivity contribution in [2.24, 2.45) is 0 Å². The van der Waals surface area contributed by atoms with E-state index >= 15 is 0 Å². The van der Waals surface area contributed by atoms with Crippen LogP contribution in [0, 0.1) is 37.2 Å². The van der Waals surface area contributed by atoms with Crippen LogP contribution in [0.1, 0.15) is 50.5 Å². The van der Waals surface area contributed by atoms with Crippen LogP contribution >= 0.6 is 0 Å². The molecule has 0 saturated carbocycles. The van der Waals surface area contributed by atoms with Crippen LogP contribution in [-0.2, 0) is 20.8 Å². The monoisotopic (exact) mass is 594 g/mol. The van der Waals surface area contributed by atoms with Crippen molar-refractivity contribution in [2.45, 2.75) is 57.4 Å². The minimum atomic E-state index is -0.761. The fourth-order valence-electron chi connectivity index (χ4n) is 3.18. The fraction of sp³-hybridized carbons (Fsp3) is 0.476. The van der Waals surface area contributed by atoms with Crippen LogP contribution in [0.5, 0.6) is 0 Å². The average molecular weight is 594 g/mol. The fourth-order valence-corrected chi connectivity index (χ4v) is 3.18. The third-order valence-electron chi connectivity index (χ3n) is 4.57. The van der Waals surface area contributed by atoms with E-state index in [-0.39, 0.29) is 55.3 Å². The zero-order chi connectivity index (χ0) is 18.8. The number of carboxylic acids is 1. The number of hydrogen-bond acceptors (Lipinski definition) is 3. The summed E-state index contributed by atoms with van der Waals surface area (Å²) in [4.78, 5) is 36.5. The molecule has 1 aromatic carbocycles. The van der Waals surface area contributed by atoms with Crippen molar-refractivity contribution in [1.29, 1.82) is 0 Å². The number of amides is 1. The number of nitrogens with zero attached hydrogens (tertiary/aromatic N) is 1. The minimum Gasteiger partial charge on any atom is -0.481 e. The van der Waals surface area contributed by atoms with Gasteiger partial charge in [0.05, 0.1) is 6.04 Å². The topological polar surface area (TPSA) is 74.7 Å². The number of ketones is 1. The normalized spacial score (nSPS) is 16.5. The van der Waals surface area contributed by atoms with E-state index in [1.807, 2.05) is 29.2 Å². The van der Waals surface area contributed by atoms with Crippen LogP contribution in [-0.4, -0.2) is 40.3 Å². The molecule has 1 N–H and O–H groups in total. The van der Waals surface area contributed by atoms with Crippen molar-refractivity contribution in [3.05, 3.63) is 48.0 Å². The molecule has 1 fully saturated rings.